The molecule has 1 fully saturated rings. The van der Waals surface area contributed by atoms with Gasteiger partial charge < -0.3 is 4.90 Å². The Balaban J connectivity index is 1.36. The van der Waals surface area contributed by atoms with Crippen molar-refractivity contribution >= 4 is 22.9 Å². The summed E-state index contributed by atoms with van der Waals surface area (Å²) in [5.74, 6) is 0.176. The highest BCUT2D eigenvalue weighted by Gasteiger charge is 2.21. The van der Waals surface area contributed by atoms with Crippen LogP contribution in [0.5, 0.6) is 0 Å². The van der Waals surface area contributed by atoms with Crippen molar-refractivity contribution in [1.82, 2.24) is 29.4 Å². The van der Waals surface area contributed by atoms with Crippen LogP contribution in [0, 0.1) is 6.92 Å². The summed E-state index contributed by atoms with van der Waals surface area (Å²) in [5, 5.41) is 7.35. The first-order valence-electron chi connectivity index (χ1n) is 8.87. The molecule has 0 aromatic carbocycles. The Morgan fingerprint density at radius 2 is 2.19 bits per heavy atom. The van der Waals surface area contributed by atoms with Crippen molar-refractivity contribution in [3.8, 4) is 0 Å². The topological polar surface area (TPSA) is 66.6 Å². The minimum atomic E-state index is 0.176. The van der Waals surface area contributed by atoms with Gasteiger partial charge in [-0.05, 0) is 19.4 Å². The van der Waals surface area contributed by atoms with Crippen LogP contribution in [0.2, 0.25) is 0 Å². The maximum Gasteiger partial charge on any atom is 0.228 e. The van der Waals surface area contributed by atoms with E-state index in [-0.39, 0.29) is 5.91 Å². The summed E-state index contributed by atoms with van der Waals surface area (Å²) in [6.45, 7) is 6.20. The Morgan fingerprint density at radius 1 is 1.27 bits per heavy atom. The van der Waals surface area contributed by atoms with Crippen molar-refractivity contribution in [2.45, 2.75) is 26.3 Å². The first-order valence-corrected chi connectivity index (χ1v) is 9.75. The predicted octanol–water partition coefficient (Wildman–Crippen LogP) is 1.77. The third kappa shape index (κ3) is 3.76. The monoisotopic (exact) mass is 370 g/mol. The number of hydrogen-bond donors (Lipinski definition) is 0. The number of aryl methyl sites for hydroxylation is 1. The molecule has 1 aliphatic rings. The summed E-state index contributed by atoms with van der Waals surface area (Å²) < 4.78 is 1.80. The lowest BCUT2D eigenvalue weighted by molar-refractivity contribution is -0.130. The van der Waals surface area contributed by atoms with Crippen molar-refractivity contribution in [2.24, 2.45) is 0 Å². The fourth-order valence-electron chi connectivity index (χ4n) is 3.36. The first-order chi connectivity index (χ1) is 12.7. The van der Waals surface area contributed by atoms with E-state index < -0.39 is 0 Å². The van der Waals surface area contributed by atoms with Crippen LogP contribution in [0.1, 0.15) is 22.7 Å². The van der Waals surface area contributed by atoms with E-state index in [1.165, 1.54) is 0 Å². The molecule has 0 spiro atoms. The van der Waals surface area contributed by atoms with Gasteiger partial charge in [0.1, 0.15) is 0 Å². The van der Waals surface area contributed by atoms with Gasteiger partial charge in [0.05, 0.1) is 23.3 Å². The second-order valence-corrected chi connectivity index (χ2v) is 7.67. The second-order valence-electron chi connectivity index (χ2n) is 6.60. The molecule has 0 bridgehead atoms. The maximum atomic E-state index is 12.6. The molecule has 0 N–H and O–H groups in total. The molecule has 26 heavy (non-hydrogen) atoms. The minimum absolute atomic E-state index is 0.176. The van der Waals surface area contributed by atoms with Gasteiger partial charge in [0.15, 0.2) is 5.65 Å². The van der Waals surface area contributed by atoms with Crippen LogP contribution in [0.25, 0.3) is 5.65 Å². The Hall–Kier alpha value is -2.32. The molecule has 8 heteroatoms. The summed E-state index contributed by atoms with van der Waals surface area (Å²) >= 11 is 1.60. The molecule has 3 aromatic heterocycles. The molecule has 0 atom stereocenters. The number of fused-ring (bicyclic) bond motifs is 1. The molecule has 1 saturated heterocycles. The van der Waals surface area contributed by atoms with Crippen LogP contribution in [-0.2, 0) is 17.8 Å². The summed E-state index contributed by atoms with van der Waals surface area (Å²) in [4.78, 5) is 25.8. The van der Waals surface area contributed by atoms with Gasteiger partial charge in [-0.15, -0.1) is 11.3 Å². The maximum absolute atomic E-state index is 12.6. The van der Waals surface area contributed by atoms with Gasteiger partial charge in [0.25, 0.3) is 0 Å². The van der Waals surface area contributed by atoms with E-state index >= 15 is 0 Å². The van der Waals surface area contributed by atoms with Crippen molar-refractivity contribution < 1.29 is 4.79 Å². The zero-order valence-electron chi connectivity index (χ0n) is 14.8. The van der Waals surface area contributed by atoms with Gasteiger partial charge in [-0.2, -0.15) is 5.10 Å². The number of thiazole rings is 1. The third-order valence-electron chi connectivity index (χ3n) is 4.69. The highest BCUT2D eigenvalue weighted by Crippen LogP contribution is 2.14. The number of carbonyl (C=O) groups excluding carboxylic acids is 1. The smallest absolute Gasteiger partial charge is 0.228 e. The molecule has 0 aliphatic carbocycles. The Morgan fingerprint density at radius 3 is 3.04 bits per heavy atom. The average Bonchev–Trinajstić information content (AvgIpc) is 3.15. The summed E-state index contributed by atoms with van der Waals surface area (Å²) in [6.07, 6.45) is 6.98. The predicted molar refractivity (Wildman–Crippen MR) is 100 cm³/mol. The van der Waals surface area contributed by atoms with Gasteiger partial charge in [-0.3, -0.25) is 9.69 Å². The summed E-state index contributed by atoms with van der Waals surface area (Å²) in [7, 11) is 0. The second kappa shape index (κ2) is 7.51. The fraction of sp³-hybridized carbons (Fsp3) is 0.444. The molecular formula is C18H22N6OS. The van der Waals surface area contributed by atoms with Gasteiger partial charge in [-0.25, -0.2) is 14.5 Å². The number of aromatic nitrogens is 4. The summed E-state index contributed by atoms with van der Waals surface area (Å²) in [5.41, 5.74) is 2.92. The SMILES string of the molecule is Cc1nc(CC(=O)N2CCCN(Cc3cnn4cccnc34)CC2)cs1. The van der Waals surface area contributed by atoms with Crippen molar-refractivity contribution in [1.29, 1.82) is 0 Å². The Kier molecular flexibility index (Phi) is 4.94. The van der Waals surface area contributed by atoms with Gasteiger partial charge in [-0.1, -0.05) is 0 Å². The molecule has 136 valence electrons. The fourth-order valence-corrected chi connectivity index (χ4v) is 3.98. The zero-order chi connectivity index (χ0) is 17.9. The molecule has 1 amide bonds. The Bertz CT molecular complexity index is 904. The molecule has 3 aromatic rings. The van der Waals surface area contributed by atoms with Crippen LogP contribution >= 0.6 is 11.3 Å². The molecule has 0 radical (unpaired) electrons. The number of carbonyl (C=O) groups is 1. The van der Waals surface area contributed by atoms with Crippen molar-refractivity contribution in [3.05, 3.63) is 46.3 Å². The molecule has 4 rings (SSSR count). The molecule has 7 nitrogen and oxygen atoms in total. The number of nitrogens with zero attached hydrogens (tertiary/aromatic N) is 6. The zero-order valence-corrected chi connectivity index (χ0v) is 15.7. The normalized spacial score (nSPS) is 16.1. The highest BCUT2D eigenvalue weighted by atomic mass is 32.1. The average molecular weight is 370 g/mol. The van der Waals surface area contributed by atoms with E-state index in [2.05, 4.69) is 20.0 Å². The Labute approximate surface area is 156 Å². The molecule has 4 heterocycles. The lowest BCUT2D eigenvalue weighted by Crippen LogP contribution is -2.36. The minimum Gasteiger partial charge on any atom is -0.341 e. The molecule has 0 unspecified atom stereocenters. The lowest BCUT2D eigenvalue weighted by atomic mass is 10.3. The van der Waals surface area contributed by atoms with Crippen LogP contribution in [0.4, 0.5) is 0 Å². The molecular weight excluding hydrogens is 348 g/mol. The van der Waals surface area contributed by atoms with Gasteiger partial charge in [0.2, 0.25) is 5.91 Å². The van der Waals surface area contributed by atoms with Crippen molar-refractivity contribution in [2.75, 3.05) is 26.2 Å². The number of amides is 1. The van der Waals surface area contributed by atoms with E-state index in [0.717, 1.165) is 61.1 Å². The van der Waals surface area contributed by atoms with Crippen LogP contribution in [0.3, 0.4) is 0 Å². The highest BCUT2D eigenvalue weighted by molar-refractivity contribution is 7.09. The van der Waals surface area contributed by atoms with E-state index in [1.54, 1.807) is 22.0 Å². The van der Waals surface area contributed by atoms with Crippen LogP contribution in [0.15, 0.2) is 30.0 Å². The standard InChI is InChI=1S/C18H22N6OS/c1-14-21-16(13-26-14)10-17(25)23-6-3-5-22(8-9-23)12-15-11-20-24-7-2-4-19-18(15)24/h2,4,7,11,13H,3,5-6,8-10,12H2,1H3. The molecule has 1 aliphatic heterocycles. The van der Waals surface area contributed by atoms with E-state index in [4.69, 9.17) is 0 Å². The van der Waals surface area contributed by atoms with Crippen LogP contribution < -0.4 is 0 Å². The van der Waals surface area contributed by atoms with E-state index in [1.807, 2.05) is 35.7 Å². The van der Waals surface area contributed by atoms with Crippen molar-refractivity contribution in [3.63, 3.8) is 0 Å². The largest absolute Gasteiger partial charge is 0.341 e. The van der Waals surface area contributed by atoms with Gasteiger partial charge >= 0.3 is 0 Å². The summed E-state index contributed by atoms with van der Waals surface area (Å²) in [6, 6.07) is 1.88. The van der Waals surface area contributed by atoms with E-state index in [9.17, 15) is 4.79 Å². The first kappa shape index (κ1) is 17.1. The van der Waals surface area contributed by atoms with Gasteiger partial charge in [0, 0.05) is 56.1 Å². The van der Waals surface area contributed by atoms with Crippen LogP contribution in [-0.4, -0.2) is 61.5 Å². The quantitative estimate of drug-likeness (QED) is 0.700. The molecule has 0 saturated carbocycles. The lowest BCUT2D eigenvalue weighted by Gasteiger charge is -2.21. The number of rotatable bonds is 4. The number of hydrogen-bond acceptors (Lipinski definition) is 6. The third-order valence-corrected chi connectivity index (χ3v) is 5.51. The van der Waals surface area contributed by atoms with E-state index in [0.29, 0.717) is 6.42 Å².